The summed E-state index contributed by atoms with van der Waals surface area (Å²) in [5, 5.41) is 3.80. The van der Waals surface area contributed by atoms with Gasteiger partial charge in [-0.2, -0.15) is 8.78 Å². The molecule has 3 rings (SSSR count). The van der Waals surface area contributed by atoms with Gasteiger partial charge in [0.1, 0.15) is 18.8 Å². The maximum atomic E-state index is 14.5. The zero-order chi connectivity index (χ0) is 21.0. The van der Waals surface area contributed by atoms with Crippen LogP contribution < -0.4 is 14.8 Å². The first-order chi connectivity index (χ1) is 13.9. The minimum absolute atomic E-state index is 0.0995. The highest BCUT2D eigenvalue weighted by molar-refractivity contribution is 6.31. The van der Waals surface area contributed by atoms with Crippen molar-refractivity contribution in [2.75, 3.05) is 25.6 Å². The maximum Gasteiger partial charge on any atom is 0.345 e. The Kier molecular flexibility index (Phi) is 6.60. The Hall–Kier alpha value is -2.78. The van der Waals surface area contributed by atoms with Gasteiger partial charge in [0.15, 0.2) is 17.3 Å². The van der Waals surface area contributed by atoms with Crippen LogP contribution in [0, 0.1) is 12.7 Å². The van der Waals surface area contributed by atoms with Crippen LogP contribution in [0.3, 0.4) is 0 Å². The number of halogens is 4. The van der Waals surface area contributed by atoms with Crippen molar-refractivity contribution in [2.24, 2.45) is 0 Å². The number of hydrogen-bond acceptors (Lipinski definition) is 6. The van der Waals surface area contributed by atoms with Crippen LogP contribution in [0.25, 0.3) is 10.9 Å². The van der Waals surface area contributed by atoms with Crippen LogP contribution in [0.2, 0.25) is 5.02 Å². The zero-order valence-corrected chi connectivity index (χ0v) is 16.3. The molecule has 0 radical (unpaired) electrons. The van der Waals surface area contributed by atoms with Gasteiger partial charge < -0.3 is 19.5 Å². The predicted molar refractivity (Wildman–Crippen MR) is 103 cm³/mol. The number of aromatic nitrogens is 2. The summed E-state index contributed by atoms with van der Waals surface area (Å²) >= 11 is 5.94. The van der Waals surface area contributed by atoms with Crippen LogP contribution in [-0.4, -0.2) is 36.9 Å². The summed E-state index contributed by atoms with van der Waals surface area (Å²) < 4.78 is 53.5. The largest absolute Gasteiger partial charge is 0.493 e. The van der Waals surface area contributed by atoms with Crippen molar-refractivity contribution < 1.29 is 27.4 Å². The lowest BCUT2D eigenvalue weighted by atomic mass is 10.1. The molecule has 0 aliphatic carbocycles. The van der Waals surface area contributed by atoms with Gasteiger partial charge in [-0.05, 0) is 25.1 Å². The summed E-state index contributed by atoms with van der Waals surface area (Å²) in [5.74, 6) is 0.493. The van der Waals surface area contributed by atoms with E-state index in [1.807, 2.05) is 0 Å². The van der Waals surface area contributed by atoms with Gasteiger partial charge in [-0.3, -0.25) is 0 Å². The van der Waals surface area contributed by atoms with E-state index in [0.717, 1.165) is 0 Å². The molecule has 0 aliphatic heterocycles. The highest BCUT2D eigenvalue weighted by atomic mass is 35.5. The number of rotatable bonds is 8. The fourth-order valence-electron chi connectivity index (χ4n) is 2.61. The second-order valence-electron chi connectivity index (χ2n) is 5.88. The molecule has 1 aromatic heterocycles. The molecule has 29 heavy (non-hydrogen) atoms. The molecule has 0 atom stereocenters. The van der Waals surface area contributed by atoms with Gasteiger partial charge in [0.2, 0.25) is 0 Å². The lowest BCUT2D eigenvalue weighted by molar-refractivity contribution is -0.133. The Bertz CT molecular complexity index is 1020. The number of alkyl halides is 2. The molecule has 154 valence electrons. The second kappa shape index (κ2) is 9.15. The molecule has 6 nitrogen and oxygen atoms in total. The third-order valence-corrected chi connectivity index (χ3v) is 4.49. The maximum absolute atomic E-state index is 14.5. The standard InChI is InChI=1S/C19H17ClF3N3O3/c1-10-12(20)3-4-13(17(10)21)26-18-11-7-15(27-2)16(8-14(11)24-9-25-18)28-5-6-29-19(22)23/h3-4,7-9,19H,5-6H2,1-2H3,(H,24,25,26). The van der Waals surface area contributed by atoms with Crippen molar-refractivity contribution >= 4 is 34.0 Å². The quantitative estimate of drug-likeness (QED) is 0.504. The van der Waals surface area contributed by atoms with Crippen LogP contribution in [-0.2, 0) is 4.74 Å². The summed E-state index contributed by atoms with van der Waals surface area (Å²) in [6, 6.07) is 6.28. The van der Waals surface area contributed by atoms with E-state index in [2.05, 4.69) is 20.0 Å². The fraction of sp³-hybridized carbons (Fsp3) is 0.263. The van der Waals surface area contributed by atoms with Gasteiger partial charge >= 0.3 is 6.61 Å². The Labute approximate surface area is 169 Å². The molecule has 1 N–H and O–H groups in total. The summed E-state index contributed by atoms with van der Waals surface area (Å²) in [6.45, 7) is -1.68. The monoisotopic (exact) mass is 427 g/mol. The molecule has 0 amide bonds. The zero-order valence-electron chi connectivity index (χ0n) is 15.5. The lowest BCUT2D eigenvalue weighted by Gasteiger charge is -2.14. The van der Waals surface area contributed by atoms with Crippen molar-refractivity contribution in [1.29, 1.82) is 0 Å². The molecule has 0 bridgehead atoms. The Morgan fingerprint density at radius 2 is 1.93 bits per heavy atom. The number of nitrogens with one attached hydrogen (secondary N) is 1. The molecule has 0 unspecified atom stereocenters. The van der Waals surface area contributed by atoms with Gasteiger partial charge in [-0.1, -0.05) is 11.6 Å². The Morgan fingerprint density at radius 1 is 1.14 bits per heavy atom. The van der Waals surface area contributed by atoms with E-state index in [0.29, 0.717) is 38.8 Å². The molecule has 1 heterocycles. The fourth-order valence-corrected chi connectivity index (χ4v) is 2.76. The van der Waals surface area contributed by atoms with E-state index in [1.54, 1.807) is 25.1 Å². The van der Waals surface area contributed by atoms with Gasteiger partial charge in [-0.15, -0.1) is 0 Å². The first kappa shape index (κ1) is 20.9. The van der Waals surface area contributed by atoms with E-state index >= 15 is 0 Å². The molecule has 10 heteroatoms. The summed E-state index contributed by atoms with van der Waals surface area (Å²) in [5.41, 5.74) is 1.00. The Balaban J connectivity index is 1.91. The number of anilines is 2. The number of nitrogens with zero attached hydrogens (tertiary/aromatic N) is 2. The number of fused-ring (bicyclic) bond motifs is 1. The molecule has 0 spiro atoms. The highest BCUT2D eigenvalue weighted by Crippen LogP contribution is 2.35. The molecule has 3 aromatic rings. The van der Waals surface area contributed by atoms with Crippen molar-refractivity contribution in [3.8, 4) is 11.5 Å². The predicted octanol–water partition coefficient (Wildman–Crippen LogP) is 5.10. The number of ether oxygens (including phenoxy) is 3. The summed E-state index contributed by atoms with van der Waals surface area (Å²) in [6.07, 6.45) is 1.31. The average Bonchev–Trinajstić information content (AvgIpc) is 2.71. The molecular weight excluding hydrogens is 411 g/mol. The van der Waals surface area contributed by atoms with Crippen LogP contribution in [0.1, 0.15) is 5.56 Å². The van der Waals surface area contributed by atoms with Crippen molar-refractivity contribution in [3.63, 3.8) is 0 Å². The van der Waals surface area contributed by atoms with E-state index in [4.69, 9.17) is 21.1 Å². The topological polar surface area (TPSA) is 65.5 Å². The van der Waals surface area contributed by atoms with Gasteiger partial charge in [0, 0.05) is 22.0 Å². The van der Waals surface area contributed by atoms with Crippen LogP contribution >= 0.6 is 11.6 Å². The molecule has 0 fully saturated rings. The first-order valence-electron chi connectivity index (χ1n) is 8.47. The van der Waals surface area contributed by atoms with Gasteiger partial charge in [0.05, 0.1) is 24.9 Å². The summed E-state index contributed by atoms with van der Waals surface area (Å²) in [7, 11) is 1.43. The van der Waals surface area contributed by atoms with Gasteiger partial charge in [0.25, 0.3) is 0 Å². The molecule has 0 saturated carbocycles. The normalized spacial score (nSPS) is 11.1. The van der Waals surface area contributed by atoms with Crippen LogP contribution in [0.5, 0.6) is 11.5 Å². The Morgan fingerprint density at radius 3 is 2.66 bits per heavy atom. The van der Waals surface area contributed by atoms with E-state index < -0.39 is 12.4 Å². The molecule has 0 saturated heterocycles. The third-order valence-electron chi connectivity index (χ3n) is 4.08. The number of hydrogen-bond donors (Lipinski definition) is 1. The SMILES string of the molecule is COc1cc2c(Nc3ccc(Cl)c(C)c3F)ncnc2cc1OCCOC(F)F. The lowest BCUT2D eigenvalue weighted by Crippen LogP contribution is -2.10. The van der Waals surface area contributed by atoms with Crippen molar-refractivity contribution in [1.82, 2.24) is 9.97 Å². The minimum Gasteiger partial charge on any atom is -0.493 e. The van der Waals surface area contributed by atoms with Crippen LogP contribution in [0.15, 0.2) is 30.6 Å². The average molecular weight is 428 g/mol. The van der Waals surface area contributed by atoms with E-state index in [9.17, 15) is 13.2 Å². The number of methoxy groups -OCH3 is 1. The minimum atomic E-state index is -2.87. The first-order valence-corrected chi connectivity index (χ1v) is 8.85. The molecule has 2 aromatic carbocycles. The summed E-state index contributed by atoms with van der Waals surface area (Å²) in [4.78, 5) is 8.35. The van der Waals surface area contributed by atoms with Crippen molar-refractivity contribution in [3.05, 3.63) is 47.0 Å². The van der Waals surface area contributed by atoms with E-state index in [1.165, 1.54) is 19.5 Å². The van der Waals surface area contributed by atoms with Gasteiger partial charge in [-0.25, -0.2) is 14.4 Å². The third kappa shape index (κ3) is 4.80. The molecular formula is C19H17ClF3N3O3. The van der Waals surface area contributed by atoms with Crippen molar-refractivity contribution in [2.45, 2.75) is 13.5 Å². The molecule has 0 aliphatic rings. The number of benzene rings is 2. The second-order valence-corrected chi connectivity index (χ2v) is 6.29. The smallest absolute Gasteiger partial charge is 0.345 e. The van der Waals surface area contributed by atoms with Crippen LogP contribution in [0.4, 0.5) is 24.7 Å². The van der Waals surface area contributed by atoms with E-state index in [-0.39, 0.29) is 18.9 Å². The highest BCUT2D eigenvalue weighted by Gasteiger charge is 2.15.